The number of nitrogens with zero attached hydrogens (tertiary/aromatic N) is 2. The molecule has 1 aromatic heterocycles. The van der Waals surface area contributed by atoms with Gasteiger partial charge in [-0.15, -0.1) is 0 Å². The number of hydrogen-bond acceptors (Lipinski definition) is 4. The number of rotatable bonds is 4. The van der Waals surface area contributed by atoms with Crippen LogP contribution in [0.4, 0.5) is 14.5 Å². The van der Waals surface area contributed by atoms with Gasteiger partial charge in [0.1, 0.15) is 17.1 Å². The average molecular weight is 391 g/mol. The Morgan fingerprint density at radius 1 is 1.39 bits per heavy atom. The number of fused-ring (bicyclic) bond motifs is 1. The third-order valence-electron chi connectivity index (χ3n) is 6.34. The Balaban J connectivity index is 1.96. The molecule has 28 heavy (non-hydrogen) atoms. The van der Waals surface area contributed by atoms with Gasteiger partial charge in [-0.1, -0.05) is 13.8 Å². The van der Waals surface area contributed by atoms with E-state index in [1.54, 1.807) is 4.90 Å². The Morgan fingerprint density at radius 3 is 2.61 bits per heavy atom. The zero-order valence-corrected chi connectivity index (χ0v) is 15.8. The van der Waals surface area contributed by atoms with Crippen LogP contribution >= 0.6 is 0 Å². The van der Waals surface area contributed by atoms with Gasteiger partial charge in [0, 0.05) is 36.8 Å². The summed E-state index contributed by atoms with van der Waals surface area (Å²) in [5, 5.41) is 9.07. The second-order valence-corrected chi connectivity index (χ2v) is 8.23. The maximum Gasteiger partial charge on any atom is 0.341 e. The second kappa shape index (κ2) is 6.27. The summed E-state index contributed by atoms with van der Waals surface area (Å²) in [6, 6.07) is 0.650. The minimum atomic E-state index is -1.41. The van der Waals surface area contributed by atoms with Gasteiger partial charge in [0.2, 0.25) is 5.43 Å². The molecule has 1 aromatic carbocycles. The number of halogens is 2. The third-order valence-corrected chi connectivity index (χ3v) is 6.34. The zero-order chi connectivity index (χ0) is 20.4. The van der Waals surface area contributed by atoms with Crippen molar-refractivity contribution in [2.75, 3.05) is 18.0 Å². The smallest absolute Gasteiger partial charge is 0.341 e. The summed E-state index contributed by atoms with van der Waals surface area (Å²) in [7, 11) is 0. The Kier molecular flexibility index (Phi) is 4.22. The number of carboxylic acids is 1. The molecule has 4 rings (SSSR count). The largest absolute Gasteiger partial charge is 0.477 e. The van der Waals surface area contributed by atoms with Crippen molar-refractivity contribution in [2.24, 2.45) is 11.1 Å². The van der Waals surface area contributed by atoms with Gasteiger partial charge < -0.3 is 20.3 Å². The number of aromatic nitrogens is 1. The Labute approximate surface area is 160 Å². The van der Waals surface area contributed by atoms with Gasteiger partial charge in [-0.2, -0.15) is 0 Å². The van der Waals surface area contributed by atoms with E-state index in [0.717, 1.165) is 25.3 Å². The predicted octanol–water partition coefficient (Wildman–Crippen LogP) is 2.88. The Hall–Kier alpha value is -2.48. The van der Waals surface area contributed by atoms with E-state index in [-0.39, 0.29) is 34.1 Å². The molecule has 1 saturated carbocycles. The normalized spacial score (nSPS) is 24.9. The summed E-state index contributed by atoms with van der Waals surface area (Å²) in [5.74, 6) is -3.11. The van der Waals surface area contributed by atoms with Gasteiger partial charge in [-0.25, -0.2) is 13.6 Å². The van der Waals surface area contributed by atoms with Gasteiger partial charge in [0.05, 0.1) is 10.9 Å². The van der Waals surface area contributed by atoms with Gasteiger partial charge in [0.15, 0.2) is 5.82 Å². The van der Waals surface area contributed by atoms with E-state index in [1.165, 1.54) is 10.8 Å². The molecule has 0 radical (unpaired) electrons. The van der Waals surface area contributed by atoms with E-state index in [9.17, 15) is 19.1 Å². The van der Waals surface area contributed by atoms with Crippen molar-refractivity contribution in [3.05, 3.63) is 39.7 Å². The molecule has 2 heterocycles. The molecule has 2 aliphatic rings. The minimum Gasteiger partial charge on any atom is -0.477 e. The number of hydrogen-bond donors (Lipinski definition) is 2. The maximum absolute atomic E-state index is 15.6. The number of aromatic carboxylic acids is 1. The van der Waals surface area contributed by atoms with Crippen LogP contribution in [-0.4, -0.2) is 34.8 Å². The molecule has 1 saturated heterocycles. The molecule has 1 aliphatic carbocycles. The van der Waals surface area contributed by atoms with Crippen LogP contribution in [0.1, 0.15) is 49.5 Å². The molecular weight excluding hydrogens is 368 g/mol. The van der Waals surface area contributed by atoms with Gasteiger partial charge >= 0.3 is 5.97 Å². The molecule has 8 heteroatoms. The lowest BCUT2D eigenvalue weighted by atomic mass is 9.83. The van der Waals surface area contributed by atoms with E-state index in [0.29, 0.717) is 13.1 Å². The van der Waals surface area contributed by atoms with Crippen LogP contribution in [0.2, 0.25) is 0 Å². The van der Waals surface area contributed by atoms with Crippen molar-refractivity contribution in [1.82, 2.24) is 4.57 Å². The fraction of sp³-hybridized carbons (Fsp3) is 0.500. The number of carboxylic acid groups (broad SMARTS) is 1. The van der Waals surface area contributed by atoms with Crippen molar-refractivity contribution < 1.29 is 18.7 Å². The highest BCUT2D eigenvalue weighted by molar-refractivity contribution is 5.94. The van der Waals surface area contributed by atoms with E-state index in [4.69, 9.17) is 5.73 Å². The molecule has 2 unspecified atom stereocenters. The third kappa shape index (κ3) is 2.70. The molecule has 0 amide bonds. The van der Waals surface area contributed by atoms with E-state index < -0.39 is 28.6 Å². The lowest BCUT2D eigenvalue weighted by Crippen LogP contribution is -2.37. The minimum absolute atomic E-state index is 0.0347. The number of pyridine rings is 1. The molecule has 0 spiro atoms. The number of anilines is 1. The molecule has 2 fully saturated rings. The van der Waals surface area contributed by atoms with Crippen molar-refractivity contribution in [3.63, 3.8) is 0 Å². The maximum atomic E-state index is 15.6. The first kappa shape index (κ1) is 18.9. The standard InChI is InChI=1S/C20H23F2N3O3/c1-3-20(2)9-24(8-14(20)23)17-13(21)6-11-16(15(17)22)25(10-4-5-10)7-12(18(11)26)19(27)28/h6-7,10,14H,3-5,8-9,23H2,1-2H3,(H,27,28). The molecule has 0 bridgehead atoms. The van der Waals surface area contributed by atoms with Crippen molar-refractivity contribution in [1.29, 1.82) is 0 Å². The molecule has 2 atom stereocenters. The van der Waals surface area contributed by atoms with Crippen LogP contribution in [-0.2, 0) is 0 Å². The summed E-state index contributed by atoms with van der Waals surface area (Å²) in [6.07, 6.45) is 3.47. The number of carbonyl (C=O) groups is 1. The fourth-order valence-electron chi connectivity index (χ4n) is 4.13. The van der Waals surface area contributed by atoms with Crippen LogP contribution in [0.5, 0.6) is 0 Å². The SMILES string of the molecule is CCC1(C)CN(c2c(F)cc3c(=O)c(C(=O)O)cn(C4CC4)c3c2F)CC1N. The second-order valence-electron chi connectivity index (χ2n) is 8.23. The summed E-state index contributed by atoms with van der Waals surface area (Å²) in [6.45, 7) is 4.71. The van der Waals surface area contributed by atoms with Crippen LogP contribution in [0.15, 0.2) is 17.1 Å². The predicted molar refractivity (Wildman–Crippen MR) is 102 cm³/mol. The molecule has 1 aliphatic heterocycles. The van der Waals surface area contributed by atoms with E-state index in [2.05, 4.69) is 0 Å². The highest BCUT2D eigenvalue weighted by Crippen LogP contribution is 2.42. The molecule has 2 aromatic rings. The average Bonchev–Trinajstić information content (AvgIpc) is 3.42. The topological polar surface area (TPSA) is 88.6 Å². The van der Waals surface area contributed by atoms with Crippen molar-refractivity contribution in [3.8, 4) is 0 Å². The highest BCUT2D eigenvalue weighted by Gasteiger charge is 2.42. The van der Waals surface area contributed by atoms with Crippen LogP contribution in [0.25, 0.3) is 10.9 Å². The fourth-order valence-corrected chi connectivity index (χ4v) is 4.13. The molecule has 150 valence electrons. The van der Waals surface area contributed by atoms with Crippen LogP contribution in [0.3, 0.4) is 0 Å². The van der Waals surface area contributed by atoms with E-state index in [1.807, 2.05) is 13.8 Å². The van der Waals surface area contributed by atoms with Gasteiger partial charge in [-0.05, 0) is 25.3 Å². The summed E-state index contributed by atoms with van der Waals surface area (Å²) in [5.41, 5.74) is 4.37. The van der Waals surface area contributed by atoms with Gasteiger partial charge in [-0.3, -0.25) is 4.79 Å². The summed E-state index contributed by atoms with van der Waals surface area (Å²) < 4.78 is 32.0. The van der Waals surface area contributed by atoms with Crippen LogP contribution in [0, 0.1) is 17.0 Å². The van der Waals surface area contributed by atoms with Crippen LogP contribution < -0.4 is 16.1 Å². The summed E-state index contributed by atoms with van der Waals surface area (Å²) in [4.78, 5) is 25.6. The molecule has 3 N–H and O–H groups in total. The van der Waals surface area contributed by atoms with Crippen molar-refractivity contribution in [2.45, 2.75) is 45.2 Å². The zero-order valence-electron chi connectivity index (χ0n) is 15.8. The molecular formula is C20H23F2N3O3. The van der Waals surface area contributed by atoms with E-state index >= 15 is 4.39 Å². The lowest BCUT2D eigenvalue weighted by molar-refractivity contribution is 0.0694. The first-order valence-corrected chi connectivity index (χ1v) is 9.48. The first-order chi connectivity index (χ1) is 13.2. The summed E-state index contributed by atoms with van der Waals surface area (Å²) >= 11 is 0. The van der Waals surface area contributed by atoms with Crippen molar-refractivity contribution >= 4 is 22.6 Å². The lowest BCUT2D eigenvalue weighted by Gasteiger charge is -2.27. The van der Waals surface area contributed by atoms with Gasteiger partial charge in [0.25, 0.3) is 0 Å². The number of benzene rings is 1. The quantitative estimate of drug-likeness (QED) is 0.837. The highest BCUT2D eigenvalue weighted by atomic mass is 19.1. The first-order valence-electron chi connectivity index (χ1n) is 9.48. The Morgan fingerprint density at radius 2 is 2.07 bits per heavy atom. The monoisotopic (exact) mass is 391 g/mol. The molecule has 6 nitrogen and oxygen atoms in total. The number of nitrogens with two attached hydrogens (primary N) is 1. The Bertz CT molecular complexity index is 1050.